The van der Waals surface area contributed by atoms with E-state index >= 15 is 0 Å². The smallest absolute Gasteiger partial charge is 0.417 e. The van der Waals surface area contributed by atoms with Gasteiger partial charge in [0, 0.05) is 6.20 Å². The number of carbonyl (C=O) groups excluding carboxylic acids is 1. The summed E-state index contributed by atoms with van der Waals surface area (Å²) in [7, 11) is 0.946. The molecule has 0 aliphatic carbocycles. The first-order chi connectivity index (χ1) is 9.05. The van der Waals surface area contributed by atoms with Crippen molar-refractivity contribution in [2.45, 2.75) is 18.5 Å². The number of pyridine rings is 1. The molecule has 0 saturated carbocycles. The first kappa shape index (κ1) is 16.2. The molecule has 0 aromatic carbocycles. The maximum Gasteiger partial charge on any atom is 0.417 e. The predicted octanol–water partition coefficient (Wildman–Crippen LogP) is 2.27. The zero-order valence-electron chi connectivity index (χ0n) is 10.3. The molecule has 0 aliphatic heterocycles. The van der Waals surface area contributed by atoms with Crippen LogP contribution in [-0.2, 0) is 25.9 Å². The Bertz CT molecular complexity index is 561. The van der Waals surface area contributed by atoms with Crippen LogP contribution in [0.1, 0.15) is 18.2 Å². The number of hydrogen-bond donors (Lipinski definition) is 1. The van der Waals surface area contributed by atoms with E-state index in [1.54, 1.807) is 0 Å². The second kappa shape index (κ2) is 5.28. The van der Waals surface area contributed by atoms with Gasteiger partial charge in [-0.2, -0.15) is 13.2 Å². The zero-order chi connectivity index (χ0) is 15.7. The quantitative estimate of drug-likeness (QED) is 0.684. The highest BCUT2D eigenvalue weighted by atomic mass is 35.5. The molecule has 9 heteroatoms. The van der Waals surface area contributed by atoms with Gasteiger partial charge < -0.3 is 9.84 Å². The van der Waals surface area contributed by atoms with Gasteiger partial charge in [-0.25, -0.2) is 0 Å². The largest absolute Gasteiger partial charge is 0.480 e. The molecule has 110 valence electrons. The van der Waals surface area contributed by atoms with Gasteiger partial charge in [-0.15, -0.1) is 0 Å². The topological polar surface area (TPSA) is 76.5 Å². The summed E-state index contributed by atoms with van der Waals surface area (Å²) in [4.78, 5) is 26.2. The standard InChI is InChI=1S/C11H9ClF3NO4/c1-10(8(17)18,9(19)20-2)7-6(12)3-5(4-16-7)11(13,14)15/h3-4H,1-2H3,(H,17,18). The van der Waals surface area contributed by atoms with Gasteiger partial charge in [0.05, 0.1) is 23.4 Å². The number of carboxylic acid groups (broad SMARTS) is 1. The van der Waals surface area contributed by atoms with E-state index in [-0.39, 0.29) is 0 Å². The van der Waals surface area contributed by atoms with Crippen molar-refractivity contribution >= 4 is 23.5 Å². The van der Waals surface area contributed by atoms with Crippen LogP contribution in [0.2, 0.25) is 5.02 Å². The summed E-state index contributed by atoms with van der Waals surface area (Å²) >= 11 is 5.63. The van der Waals surface area contributed by atoms with Crippen molar-refractivity contribution in [1.29, 1.82) is 0 Å². The first-order valence-electron chi connectivity index (χ1n) is 5.10. The van der Waals surface area contributed by atoms with Crippen molar-refractivity contribution in [2.24, 2.45) is 0 Å². The summed E-state index contributed by atoms with van der Waals surface area (Å²) in [6.07, 6.45) is -4.27. The van der Waals surface area contributed by atoms with Gasteiger partial charge in [0.25, 0.3) is 0 Å². The van der Waals surface area contributed by atoms with Crippen molar-refractivity contribution in [3.63, 3.8) is 0 Å². The maximum atomic E-state index is 12.5. The average molecular weight is 312 g/mol. The van der Waals surface area contributed by atoms with E-state index < -0.39 is 39.8 Å². The Labute approximate surface area is 116 Å². The molecule has 0 fully saturated rings. The van der Waals surface area contributed by atoms with Gasteiger partial charge >= 0.3 is 18.1 Å². The van der Waals surface area contributed by atoms with Crippen molar-refractivity contribution in [1.82, 2.24) is 4.98 Å². The molecule has 0 aliphatic rings. The zero-order valence-corrected chi connectivity index (χ0v) is 11.0. The van der Waals surface area contributed by atoms with Crippen LogP contribution in [0.5, 0.6) is 0 Å². The molecular weight excluding hydrogens is 303 g/mol. The fourth-order valence-electron chi connectivity index (χ4n) is 1.45. The van der Waals surface area contributed by atoms with E-state index in [9.17, 15) is 22.8 Å². The number of carboxylic acids is 1. The van der Waals surface area contributed by atoms with Crippen LogP contribution in [0.15, 0.2) is 12.3 Å². The van der Waals surface area contributed by atoms with Crippen molar-refractivity contribution in [2.75, 3.05) is 7.11 Å². The predicted molar refractivity (Wildman–Crippen MR) is 61.3 cm³/mol. The number of methoxy groups -OCH3 is 1. The normalized spacial score (nSPS) is 14.5. The maximum absolute atomic E-state index is 12.5. The molecule has 0 bridgehead atoms. The highest BCUT2D eigenvalue weighted by molar-refractivity contribution is 6.32. The molecular formula is C11H9ClF3NO4. The molecule has 20 heavy (non-hydrogen) atoms. The van der Waals surface area contributed by atoms with Gasteiger partial charge in [0.1, 0.15) is 0 Å². The van der Waals surface area contributed by atoms with Crippen LogP contribution >= 0.6 is 11.6 Å². The van der Waals surface area contributed by atoms with Gasteiger partial charge in [0.15, 0.2) is 0 Å². The van der Waals surface area contributed by atoms with Gasteiger partial charge in [0.2, 0.25) is 5.41 Å². The Morgan fingerprint density at radius 2 is 1.95 bits per heavy atom. The average Bonchev–Trinajstić information content (AvgIpc) is 2.35. The molecule has 1 aromatic heterocycles. The van der Waals surface area contributed by atoms with Crippen LogP contribution in [0, 0.1) is 0 Å². The van der Waals surface area contributed by atoms with Gasteiger partial charge in [-0.3, -0.25) is 14.6 Å². The van der Waals surface area contributed by atoms with Crippen LogP contribution in [0.3, 0.4) is 0 Å². The Morgan fingerprint density at radius 1 is 1.40 bits per heavy atom. The number of carbonyl (C=O) groups is 2. The van der Waals surface area contributed by atoms with E-state index in [0.717, 1.165) is 14.0 Å². The molecule has 1 heterocycles. The summed E-state index contributed by atoms with van der Waals surface area (Å²) in [5.74, 6) is -2.84. The molecule has 0 radical (unpaired) electrons. The van der Waals surface area contributed by atoms with E-state index in [4.69, 9.17) is 16.7 Å². The molecule has 1 aromatic rings. The van der Waals surface area contributed by atoms with E-state index in [0.29, 0.717) is 12.3 Å². The van der Waals surface area contributed by atoms with E-state index in [1.807, 2.05) is 0 Å². The monoisotopic (exact) mass is 311 g/mol. The SMILES string of the molecule is COC(=O)C(C)(C(=O)O)c1ncc(C(F)(F)F)cc1Cl. The Balaban J connectivity index is 3.45. The lowest BCUT2D eigenvalue weighted by atomic mass is 9.86. The third-order valence-corrected chi connectivity index (χ3v) is 2.95. The second-order valence-electron chi connectivity index (χ2n) is 3.97. The highest BCUT2D eigenvalue weighted by Gasteiger charge is 2.48. The molecule has 0 spiro atoms. The Hall–Kier alpha value is -1.83. The minimum atomic E-state index is -4.68. The van der Waals surface area contributed by atoms with Crippen molar-refractivity contribution in [3.05, 3.63) is 28.5 Å². The van der Waals surface area contributed by atoms with Gasteiger partial charge in [-0.05, 0) is 13.0 Å². The van der Waals surface area contributed by atoms with Crippen LogP contribution in [0.4, 0.5) is 13.2 Å². The lowest BCUT2D eigenvalue weighted by Gasteiger charge is -2.22. The molecule has 1 rings (SSSR count). The number of alkyl halides is 3. The Kier molecular flexibility index (Phi) is 4.28. The lowest BCUT2D eigenvalue weighted by molar-refractivity contribution is -0.159. The highest BCUT2D eigenvalue weighted by Crippen LogP contribution is 2.35. The van der Waals surface area contributed by atoms with Crippen LogP contribution in [-0.4, -0.2) is 29.1 Å². The summed E-state index contributed by atoms with van der Waals surface area (Å²) in [5.41, 5.74) is -3.97. The third-order valence-electron chi connectivity index (χ3n) is 2.66. The number of halogens is 4. The number of aliphatic carboxylic acids is 1. The minimum Gasteiger partial charge on any atom is -0.480 e. The van der Waals surface area contributed by atoms with Gasteiger partial charge in [-0.1, -0.05) is 11.6 Å². The summed E-state index contributed by atoms with van der Waals surface area (Å²) in [6.45, 7) is 0.947. The lowest BCUT2D eigenvalue weighted by Crippen LogP contribution is -2.42. The number of aromatic nitrogens is 1. The number of hydrogen-bond acceptors (Lipinski definition) is 4. The number of esters is 1. The fourth-order valence-corrected chi connectivity index (χ4v) is 1.81. The van der Waals surface area contributed by atoms with Crippen LogP contribution < -0.4 is 0 Å². The molecule has 0 amide bonds. The summed E-state index contributed by atoms with van der Waals surface area (Å²) in [6, 6.07) is 0.508. The molecule has 1 unspecified atom stereocenters. The Morgan fingerprint density at radius 3 is 2.30 bits per heavy atom. The number of rotatable bonds is 3. The number of ether oxygens (including phenoxy) is 1. The second-order valence-corrected chi connectivity index (χ2v) is 4.38. The number of nitrogens with zero attached hydrogens (tertiary/aromatic N) is 1. The fraction of sp³-hybridized carbons (Fsp3) is 0.364. The molecule has 1 N–H and O–H groups in total. The van der Waals surface area contributed by atoms with Crippen LogP contribution in [0.25, 0.3) is 0 Å². The van der Waals surface area contributed by atoms with E-state index in [1.165, 1.54) is 0 Å². The molecule has 5 nitrogen and oxygen atoms in total. The van der Waals surface area contributed by atoms with Crippen molar-refractivity contribution < 1.29 is 32.6 Å². The first-order valence-corrected chi connectivity index (χ1v) is 5.48. The van der Waals surface area contributed by atoms with E-state index in [2.05, 4.69) is 9.72 Å². The molecule has 0 saturated heterocycles. The summed E-state index contributed by atoms with van der Waals surface area (Å²) < 4.78 is 41.8. The minimum absolute atomic E-state index is 0.408. The van der Waals surface area contributed by atoms with Crippen molar-refractivity contribution in [3.8, 4) is 0 Å². The molecule has 1 atom stereocenters. The third kappa shape index (κ3) is 2.69. The summed E-state index contributed by atoms with van der Waals surface area (Å²) in [5, 5.41) is 8.53.